The van der Waals surface area contributed by atoms with Gasteiger partial charge in [0.05, 0.1) is 44.6 Å². The third-order valence-electron chi connectivity index (χ3n) is 6.62. The Kier molecular flexibility index (Phi) is 8.71. The molecule has 0 radical (unpaired) electrons. The normalized spacial score (nSPS) is 14.2. The number of nitrogens with one attached hydrogen (secondary N) is 3. The van der Waals surface area contributed by atoms with Crippen molar-refractivity contribution in [3.05, 3.63) is 59.6 Å². The van der Waals surface area contributed by atoms with Crippen LogP contribution in [0.15, 0.2) is 48.8 Å². The molecule has 1 fully saturated rings. The summed E-state index contributed by atoms with van der Waals surface area (Å²) < 4.78 is 43.0. The van der Waals surface area contributed by atoms with E-state index in [1.54, 1.807) is 31.3 Å². The quantitative estimate of drug-likeness (QED) is 0.228. The molecule has 1 aliphatic rings. The van der Waals surface area contributed by atoms with Gasteiger partial charge in [0.2, 0.25) is 16.0 Å². The summed E-state index contributed by atoms with van der Waals surface area (Å²) in [5.74, 6) is 0.152. The first-order valence-electron chi connectivity index (χ1n) is 13.9. The molecule has 0 aliphatic carbocycles. The molecule has 13 heteroatoms. The minimum absolute atomic E-state index is 0.100. The fourth-order valence-corrected chi connectivity index (χ4v) is 6.75. The molecule has 42 heavy (non-hydrogen) atoms. The van der Waals surface area contributed by atoms with Crippen molar-refractivity contribution in [1.82, 2.24) is 25.3 Å². The summed E-state index contributed by atoms with van der Waals surface area (Å²) in [7, 11) is -3.68. The molecule has 1 aliphatic heterocycles. The summed E-state index contributed by atoms with van der Waals surface area (Å²) >= 11 is 1.42. The molecule has 1 aromatic carbocycles. The van der Waals surface area contributed by atoms with Crippen LogP contribution in [0.3, 0.4) is 0 Å². The lowest BCUT2D eigenvalue weighted by Crippen LogP contribution is -2.43. The Balaban J connectivity index is 1.48. The smallest absolute Gasteiger partial charge is 0.232 e. The molecule has 5 rings (SSSR count). The zero-order chi connectivity index (χ0) is 29.9. The number of nitrogens with zero attached hydrogens (tertiary/aromatic N) is 5. The summed E-state index contributed by atoms with van der Waals surface area (Å²) in [6, 6.07) is 10.3. The van der Waals surface area contributed by atoms with Crippen LogP contribution in [0.5, 0.6) is 0 Å². The zero-order valence-corrected chi connectivity index (χ0v) is 25.7. The van der Waals surface area contributed by atoms with Gasteiger partial charge in [-0.2, -0.15) is 0 Å². The van der Waals surface area contributed by atoms with Gasteiger partial charge in [0.25, 0.3) is 0 Å². The molecular formula is C29H35FN8O2S2. The maximum Gasteiger partial charge on any atom is 0.232 e. The minimum Gasteiger partial charge on any atom is -0.368 e. The van der Waals surface area contributed by atoms with Crippen LogP contribution in [0.4, 0.5) is 27.5 Å². The number of piperazine rings is 1. The fourth-order valence-electron chi connectivity index (χ4n) is 4.51. The summed E-state index contributed by atoms with van der Waals surface area (Å²) in [5.41, 5.74) is 1.77. The predicted octanol–water partition coefficient (Wildman–Crippen LogP) is 5.40. The molecule has 0 unspecified atom stereocenters. The lowest BCUT2D eigenvalue weighted by molar-refractivity contribution is 0.585. The number of aromatic nitrogens is 4. The Bertz CT molecular complexity index is 1650. The van der Waals surface area contributed by atoms with Gasteiger partial charge in [0.15, 0.2) is 5.82 Å². The van der Waals surface area contributed by atoms with Crippen molar-refractivity contribution < 1.29 is 12.8 Å². The van der Waals surface area contributed by atoms with E-state index in [4.69, 9.17) is 9.97 Å². The number of anilines is 4. The van der Waals surface area contributed by atoms with E-state index in [1.165, 1.54) is 17.4 Å². The Hall–Kier alpha value is -3.68. The number of thiazole rings is 1. The van der Waals surface area contributed by atoms with Gasteiger partial charge in [0, 0.05) is 43.4 Å². The van der Waals surface area contributed by atoms with Gasteiger partial charge in [-0.3, -0.25) is 4.72 Å². The van der Waals surface area contributed by atoms with Crippen molar-refractivity contribution >= 4 is 44.5 Å². The maximum atomic E-state index is 15.8. The van der Waals surface area contributed by atoms with Gasteiger partial charge in [0.1, 0.15) is 5.82 Å². The van der Waals surface area contributed by atoms with Crippen LogP contribution < -0.4 is 20.3 Å². The monoisotopic (exact) mass is 610 g/mol. The first kappa shape index (κ1) is 29.8. The molecular weight excluding hydrogens is 576 g/mol. The fraction of sp³-hybridized carbons (Fsp3) is 0.379. The van der Waals surface area contributed by atoms with E-state index in [2.05, 4.69) is 30.2 Å². The van der Waals surface area contributed by atoms with Gasteiger partial charge in [-0.15, -0.1) is 11.3 Å². The maximum absolute atomic E-state index is 15.8. The van der Waals surface area contributed by atoms with Crippen LogP contribution >= 0.6 is 11.3 Å². The molecule has 10 nitrogen and oxygen atoms in total. The summed E-state index contributed by atoms with van der Waals surface area (Å²) in [6.45, 7) is 11.6. The number of benzene rings is 1. The summed E-state index contributed by atoms with van der Waals surface area (Å²) in [4.78, 5) is 21.4. The van der Waals surface area contributed by atoms with E-state index >= 15 is 4.39 Å². The molecule has 4 aromatic rings. The molecule has 0 bridgehead atoms. The number of rotatable bonds is 9. The number of hydrogen-bond donors (Lipinski definition) is 3. The van der Waals surface area contributed by atoms with Crippen molar-refractivity contribution in [2.24, 2.45) is 0 Å². The van der Waals surface area contributed by atoms with E-state index in [1.807, 2.05) is 39.1 Å². The standard InChI is InChI=1S/C29H35FN8O2S2/c1-5-17-42(39,40)37-21-8-6-7-20(24(21)30)25-26(41-27(36-25)29(2,3)4)22-11-12-32-28(34-22)35-23-10-9-19(18-33-23)38-15-13-31-14-16-38/h6-12,18,31,37H,5,13-17H2,1-4H3,(H,32,33,34,35). The molecule has 4 heterocycles. The second kappa shape index (κ2) is 12.3. The first-order valence-corrected chi connectivity index (χ1v) is 16.3. The van der Waals surface area contributed by atoms with Crippen LogP contribution in [0.1, 0.15) is 39.1 Å². The van der Waals surface area contributed by atoms with Gasteiger partial charge < -0.3 is 15.5 Å². The lowest BCUT2D eigenvalue weighted by Gasteiger charge is -2.29. The SMILES string of the molecule is CCCS(=O)(=O)Nc1cccc(-c2nc(C(C)(C)C)sc2-c2ccnc(Nc3ccc(N4CCNCC4)cn3)n2)c1F. The molecule has 0 atom stereocenters. The molecule has 0 amide bonds. The number of hydrogen-bond acceptors (Lipinski definition) is 10. The van der Waals surface area contributed by atoms with Crippen molar-refractivity contribution in [2.75, 3.05) is 46.9 Å². The predicted molar refractivity (Wildman–Crippen MR) is 168 cm³/mol. The molecule has 0 spiro atoms. The van der Waals surface area contributed by atoms with Gasteiger partial charge >= 0.3 is 0 Å². The summed E-state index contributed by atoms with van der Waals surface area (Å²) in [5, 5.41) is 7.31. The van der Waals surface area contributed by atoms with Crippen molar-refractivity contribution in [1.29, 1.82) is 0 Å². The molecule has 3 aromatic heterocycles. The van der Waals surface area contributed by atoms with Crippen molar-refractivity contribution in [3.63, 3.8) is 0 Å². The van der Waals surface area contributed by atoms with Gasteiger partial charge in [-0.1, -0.05) is 33.8 Å². The molecule has 3 N–H and O–H groups in total. The average Bonchev–Trinajstić information content (AvgIpc) is 3.41. The van der Waals surface area contributed by atoms with E-state index in [9.17, 15) is 8.42 Å². The molecule has 1 saturated heterocycles. The van der Waals surface area contributed by atoms with Crippen LogP contribution in [0.25, 0.3) is 21.8 Å². The Morgan fingerprint density at radius 3 is 2.55 bits per heavy atom. The second-order valence-electron chi connectivity index (χ2n) is 11.1. The van der Waals surface area contributed by atoms with Crippen LogP contribution in [0, 0.1) is 5.82 Å². The third-order valence-corrected chi connectivity index (χ3v) is 9.60. The van der Waals surface area contributed by atoms with Crippen molar-refractivity contribution in [2.45, 2.75) is 39.5 Å². The highest BCUT2D eigenvalue weighted by atomic mass is 32.2. The van der Waals surface area contributed by atoms with E-state index < -0.39 is 15.8 Å². The third kappa shape index (κ3) is 6.85. The van der Waals surface area contributed by atoms with Gasteiger partial charge in [-0.25, -0.2) is 32.7 Å². The largest absolute Gasteiger partial charge is 0.368 e. The van der Waals surface area contributed by atoms with Crippen LogP contribution in [0.2, 0.25) is 0 Å². The first-order chi connectivity index (χ1) is 20.0. The summed E-state index contributed by atoms with van der Waals surface area (Å²) in [6.07, 6.45) is 3.88. The highest BCUT2D eigenvalue weighted by Gasteiger charge is 2.26. The Morgan fingerprint density at radius 2 is 1.86 bits per heavy atom. The second-order valence-corrected chi connectivity index (χ2v) is 13.9. The average molecular weight is 611 g/mol. The van der Waals surface area contributed by atoms with Gasteiger partial charge in [-0.05, 0) is 36.8 Å². The number of sulfonamides is 1. The van der Waals surface area contributed by atoms with Crippen LogP contribution in [-0.2, 0) is 15.4 Å². The Labute approximate surface area is 249 Å². The molecule has 222 valence electrons. The topological polar surface area (TPSA) is 125 Å². The Morgan fingerprint density at radius 1 is 1.07 bits per heavy atom. The molecule has 0 saturated carbocycles. The minimum atomic E-state index is -3.68. The zero-order valence-electron chi connectivity index (χ0n) is 24.1. The number of pyridine rings is 1. The highest BCUT2D eigenvalue weighted by Crippen LogP contribution is 2.42. The number of halogens is 1. The van der Waals surface area contributed by atoms with E-state index in [-0.39, 0.29) is 22.4 Å². The van der Waals surface area contributed by atoms with E-state index in [0.717, 1.165) is 36.9 Å². The van der Waals surface area contributed by atoms with E-state index in [0.29, 0.717) is 34.5 Å². The van der Waals surface area contributed by atoms with Crippen molar-refractivity contribution in [3.8, 4) is 21.8 Å². The lowest BCUT2D eigenvalue weighted by atomic mass is 9.98. The van der Waals surface area contributed by atoms with Crippen LogP contribution in [-0.4, -0.2) is 60.3 Å². The highest BCUT2D eigenvalue weighted by molar-refractivity contribution is 7.92.